The third-order valence-corrected chi connectivity index (χ3v) is 3.77. The molecule has 5 nitrogen and oxygen atoms in total. The highest BCUT2D eigenvalue weighted by Gasteiger charge is 2.23. The number of hydrogen-bond donors (Lipinski definition) is 1. The van der Waals surface area contributed by atoms with Gasteiger partial charge < -0.3 is 5.32 Å². The topological polar surface area (TPSA) is 55.6 Å². The van der Waals surface area contributed by atoms with Crippen molar-refractivity contribution in [3.8, 4) is 0 Å². The van der Waals surface area contributed by atoms with Gasteiger partial charge in [0.2, 0.25) is 0 Å². The standard InChI is InChI=1S/C12H19N5S/c1-4-13-8-11-14-15-16-17(11)12(9(2)3)10-6-5-7-18-10/h5-7,9,12-13H,4,8H2,1-3H3. The molecule has 0 aliphatic rings. The summed E-state index contributed by atoms with van der Waals surface area (Å²) < 4.78 is 1.94. The van der Waals surface area contributed by atoms with Crippen molar-refractivity contribution in [2.24, 2.45) is 5.92 Å². The Morgan fingerprint density at radius 2 is 2.28 bits per heavy atom. The minimum absolute atomic E-state index is 0.216. The zero-order valence-corrected chi connectivity index (χ0v) is 11.8. The van der Waals surface area contributed by atoms with Crippen molar-refractivity contribution in [2.75, 3.05) is 6.54 Å². The molecule has 0 saturated carbocycles. The van der Waals surface area contributed by atoms with Gasteiger partial charge in [-0.2, -0.15) is 0 Å². The Balaban J connectivity index is 2.29. The van der Waals surface area contributed by atoms with Crippen LogP contribution in [0.1, 0.15) is 37.5 Å². The van der Waals surface area contributed by atoms with Crippen LogP contribution in [0.2, 0.25) is 0 Å². The van der Waals surface area contributed by atoms with Gasteiger partial charge in [0.15, 0.2) is 5.82 Å². The maximum absolute atomic E-state index is 4.17. The molecule has 0 saturated heterocycles. The summed E-state index contributed by atoms with van der Waals surface area (Å²) in [5, 5.41) is 17.5. The van der Waals surface area contributed by atoms with Gasteiger partial charge in [0.05, 0.1) is 12.6 Å². The lowest BCUT2D eigenvalue weighted by atomic mass is 10.0. The van der Waals surface area contributed by atoms with Crippen molar-refractivity contribution in [3.63, 3.8) is 0 Å². The average molecular weight is 265 g/mol. The molecule has 0 fully saturated rings. The SMILES string of the molecule is CCNCc1nnnn1C(c1cccs1)C(C)C. The van der Waals surface area contributed by atoms with E-state index in [1.165, 1.54) is 4.88 Å². The number of rotatable bonds is 6. The quantitative estimate of drug-likeness (QED) is 0.869. The van der Waals surface area contributed by atoms with Crippen LogP contribution in [0, 0.1) is 5.92 Å². The van der Waals surface area contributed by atoms with Crippen LogP contribution in [0.5, 0.6) is 0 Å². The van der Waals surface area contributed by atoms with E-state index in [4.69, 9.17) is 0 Å². The Morgan fingerprint density at radius 3 is 2.89 bits per heavy atom. The van der Waals surface area contributed by atoms with E-state index in [9.17, 15) is 0 Å². The van der Waals surface area contributed by atoms with Gasteiger partial charge in [-0.1, -0.05) is 26.8 Å². The van der Waals surface area contributed by atoms with Gasteiger partial charge in [0, 0.05) is 4.88 Å². The molecule has 18 heavy (non-hydrogen) atoms. The molecule has 0 aliphatic heterocycles. The molecule has 0 radical (unpaired) electrons. The first-order valence-electron chi connectivity index (χ1n) is 6.25. The van der Waals surface area contributed by atoms with E-state index >= 15 is 0 Å². The molecule has 0 bridgehead atoms. The first-order valence-corrected chi connectivity index (χ1v) is 7.12. The Labute approximate surface area is 111 Å². The summed E-state index contributed by atoms with van der Waals surface area (Å²) in [6.45, 7) is 8.09. The number of nitrogens with one attached hydrogen (secondary N) is 1. The Hall–Kier alpha value is -1.27. The smallest absolute Gasteiger partial charge is 0.165 e. The van der Waals surface area contributed by atoms with Crippen LogP contribution in [0.25, 0.3) is 0 Å². The van der Waals surface area contributed by atoms with E-state index in [1.54, 1.807) is 11.3 Å². The summed E-state index contributed by atoms with van der Waals surface area (Å²) in [4.78, 5) is 1.30. The highest BCUT2D eigenvalue weighted by Crippen LogP contribution is 2.29. The zero-order valence-electron chi connectivity index (χ0n) is 11.0. The molecule has 2 aromatic heterocycles. The number of nitrogens with zero attached hydrogens (tertiary/aromatic N) is 4. The van der Waals surface area contributed by atoms with Gasteiger partial charge in [-0.3, -0.25) is 0 Å². The van der Waals surface area contributed by atoms with Crippen molar-refractivity contribution in [2.45, 2.75) is 33.4 Å². The molecular weight excluding hydrogens is 246 g/mol. The zero-order chi connectivity index (χ0) is 13.0. The van der Waals surface area contributed by atoms with Crippen LogP contribution in [0.4, 0.5) is 0 Å². The molecule has 6 heteroatoms. The normalized spacial score (nSPS) is 13.1. The predicted molar refractivity (Wildman–Crippen MR) is 72.5 cm³/mol. The van der Waals surface area contributed by atoms with Crippen molar-refractivity contribution in [3.05, 3.63) is 28.2 Å². The fourth-order valence-electron chi connectivity index (χ4n) is 1.97. The predicted octanol–water partition coefficient (Wildman–Crippen LogP) is 2.09. The monoisotopic (exact) mass is 265 g/mol. The van der Waals surface area contributed by atoms with Crippen molar-refractivity contribution in [1.82, 2.24) is 25.5 Å². The van der Waals surface area contributed by atoms with Gasteiger partial charge in [0.25, 0.3) is 0 Å². The molecule has 0 amide bonds. The molecule has 2 rings (SSSR count). The summed E-state index contributed by atoms with van der Waals surface area (Å²) in [6.07, 6.45) is 0. The summed E-state index contributed by atoms with van der Waals surface area (Å²) >= 11 is 1.75. The van der Waals surface area contributed by atoms with E-state index in [2.05, 4.69) is 59.1 Å². The Morgan fingerprint density at radius 1 is 1.44 bits per heavy atom. The van der Waals surface area contributed by atoms with Crippen molar-refractivity contribution < 1.29 is 0 Å². The van der Waals surface area contributed by atoms with Gasteiger partial charge >= 0.3 is 0 Å². The molecule has 2 aromatic rings. The number of hydrogen-bond acceptors (Lipinski definition) is 5. The minimum atomic E-state index is 0.216. The van der Waals surface area contributed by atoms with E-state index in [-0.39, 0.29) is 6.04 Å². The van der Waals surface area contributed by atoms with Gasteiger partial charge in [-0.25, -0.2) is 4.68 Å². The van der Waals surface area contributed by atoms with E-state index < -0.39 is 0 Å². The molecule has 0 aliphatic carbocycles. The van der Waals surface area contributed by atoms with Crippen LogP contribution in [-0.4, -0.2) is 26.8 Å². The van der Waals surface area contributed by atoms with Gasteiger partial charge in [0.1, 0.15) is 0 Å². The van der Waals surface area contributed by atoms with Crippen LogP contribution in [0.3, 0.4) is 0 Å². The third-order valence-electron chi connectivity index (χ3n) is 2.82. The molecule has 1 unspecified atom stereocenters. The van der Waals surface area contributed by atoms with Crippen LogP contribution < -0.4 is 5.32 Å². The lowest BCUT2D eigenvalue weighted by Gasteiger charge is -2.20. The second-order valence-electron chi connectivity index (χ2n) is 4.52. The molecule has 0 spiro atoms. The average Bonchev–Trinajstić information content (AvgIpc) is 2.98. The summed E-state index contributed by atoms with van der Waals surface area (Å²) in [5.74, 6) is 1.34. The van der Waals surface area contributed by atoms with Gasteiger partial charge in [-0.15, -0.1) is 16.4 Å². The fourth-order valence-corrected chi connectivity index (χ4v) is 2.96. The van der Waals surface area contributed by atoms with Crippen molar-refractivity contribution in [1.29, 1.82) is 0 Å². The van der Waals surface area contributed by atoms with Crippen LogP contribution >= 0.6 is 11.3 Å². The first kappa shape index (κ1) is 13.2. The fraction of sp³-hybridized carbons (Fsp3) is 0.583. The minimum Gasteiger partial charge on any atom is -0.310 e. The highest BCUT2D eigenvalue weighted by molar-refractivity contribution is 7.10. The maximum atomic E-state index is 4.17. The lowest BCUT2D eigenvalue weighted by molar-refractivity contribution is 0.385. The van der Waals surface area contributed by atoms with E-state index in [0.29, 0.717) is 12.5 Å². The summed E-state index contributed by atoms with van der Waals surface area (Å²) in [7, 11) is 0. The van der Waals surface area contributed by atoms with E-state index in [1.807, 2.05) is 4.68 Å². The molecule has 98 valence electrons. The molecular formula is C12H19N5S. The van der Waals surface area contributed by atoms with E-state index in [0.717, 1.165) is 12.4 Å². The second-order valence-corrected chi connectivity index (χ2v) is 5.50. The number of tetrazole rings is 1. The number of thiophene rings is 1. The first-order chi connectivity index (χ1) is 8.74. The molecule has 1 atom stereocenters. The highest BCUT2D eigenvalue weighted by atomic mass is 32.1. The molecule has 0 aromatic carbocycles. The second kappa shape index (κ2) is 6.06. The van der Waals surface area contributed by atoms with Crippen LogP contribution in [0.15, 0.2) is 17.5 Å². The number of aromatic nitrogens is 4. The third kappa shape index (κ3) is 2.76. The van der Waals surface area contributed by atoms with Crippen molar-refractivity contribution >= 4 is 11.3 Å². The molecule has 1 N–H and O–H groups in total. The summed E-state index contributed by atoms with van der Waals surface area (Å²) in [5.41, 5.74) is 0. The van der Waals surface area contributed by atoms with Crippen LogP contribution in [-0.2, 0) is 6.54 Å². The molecule has 2 heterocycles. The summed E-state index contributed by atoms with van der Waals surface area (Å²) in [6, 6.07) is 4.44. The Bertz CT molecular complexity index is 463. The van der Waals surface area contributed by atoms with Gasteiger partial charge in [-0.05, 0) is 34.3 Å². The Kier molecular flexibility index (Phi) is 4.43. The largest absolute Gasteiger partial charge is 0.310 e. The maximum Gasteiger partial charge on any atom is 0.165 e. The lowest BCUT2D eigenvalue weighted by Crippen LogP contribution is -2.23.